The monoisotopic (exact) mass is 510 g/mol. The molecule has 0 bridgehead atoms. The summed E-state index contributed by atoms with van der Waals surface area (Å²) < 4.78 is 32.5. The summed E-state index contributed by atoms with van der Waals surface area (Å²) in [4.78, 5) is 4.40. The van der Waals surface area contributed by atoms with Crippen molar-refractivity contribution in [3.63, 3.8) is 0 Å². The highest BCUT2D eigenvalue weighted by atomic mass is 127. The number of aryl methyl sites for hydroxylation is 1. The van der Waals surface area contributed by atoms with Gasteiger partial charge in [0.15, 0.2) is 5.96 Å². The van der Waals surface area contributed by atoms with Gasteiger partial charge in [0.1, 0.15) is 0 Å². The SMILES string of the molecule is CN=C(NCCCOCC1CC1)NCCNS(=O)(=O)c1ccc(C)cc1.I. The number of ether oxygens (including phenoxy) is 1. The molecule has 1 fully saturated rings. The molecule has 0 radical (unpaired) electrons. The zero-order valence-electron chi connectivity index (χ0n) is 16.0. The molecule has 0 saturated heterocycles. The lowest BCUT2D eigenvalue weighted by molar-refractivity contribution is 0.123. The van der Waals surface area contributed by atoms with Crippen LogP contribution in [0.3, 0.4) is 0 Å². The summed E-state index contributed by atoms with van der Waals surface area (Å²) in [6, 6.07) is 6.79. The van der Waals surface area contributed by atoms with E-state index in [2.05, 4.69) is 20.3 Å². The van der Waals surface area contributed by atoms with Gasteiger partial charge >= 0.3 is 0 Å². The second kappa shape index (κ2) is 12.5. The van der Waals surface area contributed by atoms with Crippen LogP contribution < -0.4 is 15.4 Å². The Kier molecular flexibility index (Phi) is 11.2. The van der Waals surface area contributed by atoms with Crippen LogP contribution in [-0.4, -0.2) is 54.3 Å². The summed E-state index contributed by atoms with van der Waals surface area (Å²) in [5.41, 5.74) is 1.03. The van der Waals surface area contributed by atoms with Crippen molar-refractivity contribution in [3.8, 4) is 0 Å². The summed E-state index contributed by atoms with van der Waals surface area (Å²) in [5, 5.41) is 6.28. The quantitative estimate of drug-likeness (QED) is 0.183. The fourth-order valence-corrected chi connectivity index (χ4v) is 3.34. The lowest BCUT2D eigenvalue weighted by Gasteiger charge is -2.12. The van der Waals surface area contributed by atoms with E-state index in [-0.39, 0.29) is 35.4 Å². The molecule has 0 unspecified atom stereocenters. The van der Waals surface area contributed by atoms with Gasteiger partial charge in [0.25, 0.3) is 0 Å². The Labute approximate surface area is 179 Å². The van der Waals surface area contributed by atoms with Crippen molar-refractivity contribution < 1.29 is 13.2 Å². The molecule has 1 aliphatic carbocycles. The van der Waals surface area contributed by atoms with Gasteiger partial charge in [0.2, 0.25) is 10.0 Å². The topological polar surface area (TPSA) is 91.8 Å². The number of hydrogen-bond donors (Lipinski definition) is 3. The van der Waals surface area contributed by atoms with E-state index in [0.717, 1.165) is 37.7 Å². The zero-order valence-corrected chi connectivity index (χ0v) is 19.2. The molecule has 3 N–H and O–H groups in total. The Morgan fingerprint density at radius 2 is 1.81 bits per heavy atom. The van der Waals surface area contributed by atoms with E-state index in [1.807, 2.05) is 6.92 Å². The van der Waals surface area contributed by atoms with E-state index in [1.165, 1.54) is 12.8 Å². The lowest BCUT2D eigenvalue weighted by atomic mass is 10.2. The predicted octanol–water partition coefficient (Wildman–Crippen LogP) is 1.87. The average molecular weight is 510 g/mol. The highest BCUT2D eigenvalue weighted by molar-refractivity contribution is 14.0. The number of benzene rings is 1. The molecule has 7 nitrogen and oxygen atoms in total. The molecule has 0 aliphatic heterocycles. The second-order valence-corrected chi connectivity index (χ2v) is 8.28. The van der Waals surface area contributed by atoms with Crippen molar-refractivity contribution in [3.05, 3.63) is 29.8 Å². The molecule has 0 atom stereocenters. The minimum atomic E-state index is -3.48. The third-order valence-electron chi connectivity index (χ3n) is 4.07. The number of halogens is 1. The fourth-order valence-electron chi connectivity index (χ4n) is 2.30. The summed E-state index contributed by atoms with van der Waals surface area (Å²) >= 11 is 0. The second-order valence-electron chi connectivity index (χ2n) is 6.51. The van der Waals surface area contributed by atoms with Crippen LogP contribution in [0.15, 0.2) is 34.2 Å². The van der Waals surface area contributed by atoms with E-state index >= 15 is 0 Å². The molecule has 2 rings (SSSR count). The van der Waals surface area contributed by atoms with Crippen LogP contribution in [-0.2, 0) is 14.8 Å². The first-order chi connectivity index (χ1) is 12.5. The average Bonchev–Trinajstić information content (AvgIpc) is 3.44. The maximum atomic E-state index is 12.2. The summed E-state index contributed by atoms with van der Waals surface area (Å²) in [6.07, 6.45) is 3.53. The van der Waals surface area contributed by atoms with E-state index in [1.54, 1.807) is 31.3 Å². The van der Waals surface area contributed by atoms with Crippen LogP contribution in [0.2, 0.25) is 0 Å². The first-order valence-corrected chi connectivity index (χ1v) is 10.6. The number of hydrogen-bond acceptors (Lipinski definition) is 4. The standard InChI is InChI=1S/C18H30N4O3S.HI/c1-15-4-8-17(9-5-15)26(23,24)22-12-11-21-18(19-2)20-10-3-13-25-14-16-6-7-16;/h4-5,8-9,16,22H,3,6-7,10-14H2,1-2H3,(H2,19,20,21);1H. The number of nitrogens with one attached hydrogen (secondary N) is 3. The third-order valence-corrected chi connectivity index (χ3v) is 5.55. The van der Waals surface area contributed by atoms with Gasteiger partial charge in [0, 0.05) is 39.9 Å². The van der Waals surface area contributed by atoms with E-state index in [0.29, 0.717) is 12.5 Å². The maximum absolute atomic E-state index is 12.2. The summed E-state index contributed by atoms with van der Waals surface area (Å²) in [5.74, 6) is 1.45. The molecule has 0 spiro atoms. The fraction of sp³-hybridized carbons (Fsp3) is 0.611. The zero-order chi connectivity index (χ0) is 18.8. The van der Waals surface area contributed by atoms with Crippen LogP contribution in [0.1, 0.15) is 24.8 Å². The first kappa shape index (κ1) is 24.1. The molecule has 0 heterocycles. The normalized spacial score (nSPS) is 14.5. The predicted molar refractivity (Wildman–Crippen MR) is 119 cm³/mol. The van der Waals surface area contributed by atoms with Crippen molar-refractivity contribution in [1.82, 2.24) is 15.4 Å². The number of sulfonamides is 1. The van der Waals surface area contributed by atoms with Gasteiger partial charge in [-0.3, -0.25) is 4.99 Å². The molecular formula is C18H31IN4O3S. The van der Waals surface area contributed by atoms with E-state index < -0.39 is 10.0 Å². The molecule has 1 aromatic rings. The molecule has 0 aromatic heterocycles. The van der Waals surface area contributed by atoms with E-state index in [4.69, 9.17) is 4.74 Å². The van der Waals surface area contributed by atoms with Crippen LogP contribution in [0, 0.1) is 12.8 Å². The maximum Gasteiger partial charge on any atom is 0.240 e. The Hall–Kier alpha value is -0.910. The van der Waals surface area contributed by atoms with Gasteiger partial charge in [-0.1, -0.05) is 17.7 Å². The Bertz CT molecular complexity index is 676. The molecule has 1 aromatic carbocycles. The number of aliphatic imine (C=N–C) groups is 1. The van der Waals surface area contributed by atoms with Gasteiger partial charge in [-0.15, -0.1) is 24.0 Å². The van der Waals surface area contributed by atoms with Crippen molar-refractivity contribution >= 4 is 40.0 Å². The van der Waals surface area contributed by atoms with Gasteiger partial charge in [-0.05, 0) is 44.2 Å². The third kappa shape index (κ3) is 9.72. The van der Waals surface area contributed by atoms with Crippen LogP contribution in [0.4, 0.5) is 0 Å². The minimum absolute atomic E-state index is 0. The first-order valence-electron chi connectivity index (χ1n) is 9.10. The lowest BCUT2D eigenvalue weighted by Crippen LogP contribution is -2.42. The van der Waals surface area contributed by atoms with Gasteiger partial charge < -0.3 is 15.4 Å². The molecule has 9 heteroatoms. The van der Waals surface area contributed by atoms with Crippen molar-refractivity contribution in [2.24, 2.45) is 10.9 Å². The van der Waals surface area contributed by atoms with Crippen molar-refractivity contribution in [2.45, 2.75) is 31.1 Å². The van der Waals surface area contributed by atoms with E-state index in [9.17, 15) is 8.42 Å². The Morgan fingerprint density at radius 1 is 1.15 bits per heavy atom. The molecule has 1 saturated carbocycles. The number of nitrogens with zero attached hydrogens (tertiary/aromatic N) is 1. The smallest absolute Gasteiger partial charge is 0.240 e. The Morgan fingerprint density at radius 3 is 2.44 bits per heavy atom. The van der Waals surface area contributed by atoms with Gasteiger partial charge in [0.05, 0.1) is 4.90 Å². The van der Waals surface area contributed by atoms with Crippen LogP contribution in [0.25, 0.3) is 0 Å². The highest BCUT2D eigenvalue weighted by Gasteiger charge is 2.20. The summed E-state index contributed by atoms with van der Waals surface area (Å²) in [7, 11) is -1.79. The van der Waals surface area contributed by atoms with Crippen molar-refractivity contribution in [1.29, 1.82) is 0 Å². The molecule has 27 heavy (non-hydrogen) atoms. The van der Waals surface area contributed by atoms with Crippen LogP contribution in [0.5, 0.6) is 0 Å². The largest absolute Gasteiger partial charge is 0.381 e. The molecule has 0 amide bonds. The van der Waals surface area contributed by atoms with Gasteiger partial charge in [-0.25, -0.2) is 13.1 Å². The van der Waals surface area contributed by atoms with Crippen molar-refractivity contribution in [2.75, 3.05) is 39.9 Å². The summed E-state index contributed by atoms with van der Waals surface area (Å²) in [6.45, 7) is 5.04. The molecule has 1 aliphatic rings. The minimum Gasteiger partial charge on any atom is -0.381 e. The number of rotatable bonds is 11. The number of guanidine groups is 1. The highest BCUT2D eigenvalue weighted by Crippen LogP contribution is 2.28. The Balaban J connectivity index is 0.00000364. The van der Waals surface area contributed by atoms with Crippen LogP contribution >= 0.6 is 24.0 Å². The molecular weight excluding hydrogens is 479 g/mol. The van der Waals surface area contributed by atoms with Gasteiger partial charge in [-0.2, -0.15) is 0 Å². The molecule has 154 valence electrons.